The Morgan fingerprint density at radius 3 is 2.18 bits per heavy atom. The van der Waals surface area contributed by atoms with Crippen LogP contribution in [0.25, 0.3) is 0 Å². The second-order valence-electron chi connectivity index (χ2n) is 3.63. The van der Waals surface area contributed by atoms with E-state index >= 15 is 0 Å². The van der Waals surface area contributed by atoms with E-state index in [-0.39, 0.29) is 0 Å². The summed E-state index contributed by atoms with van der Waals surface area (Å²) < 4.78 is 0. The molecule has 0 saturated heterocycles. The van der Waals surface area contributed by atoms with Gasteiger partial charge in [-0.15, -0.1) is 0 Å². The molecule has 68 valence electrons. The minimum atomic E-state index is 0.601. The molecule has 0 spiro atoms. The van der Waals surface area contributed by atoms with E-state index in [2.05, 4.69) is 26.1 Å². The van der Waals surface area contributed by atoms with Crippen molar-refractivity contribution in [3.63, 3.8) is 0 Å². The van der Waals surface area contributed by atoms with E-state index in [0.717, 1.165) is 12.5 Å². The highest BCUT2D eigenvalue weighted by atomic mass is 14.9. The van der Waals surface area contributed by atoms with Crippen LogP contribution in [0.2, 0.25) is 0 Å². The lowest BCUT2D eigenvalue weighted by molar-refractivity contribution is 0.346. The van der Waals surface area contributed by atoms with E-state index in [4.69, 9.17) is 5.73 Å². The highest BCUT2D eigenvalue weighted by Gasteiger charge is 2.12. The summed E-state index contributed by atoms with van der Waals surface area (Å²) in [5.41, 5.74) is 5.54. The Kier molecular flexibility index (Phi) is 5.51. The zero-order valence-corrected chi connectivity index (χ0v) is 8.22. The van der Waals surface area contributed by atoms with Crippen LogP contribution in [-0.2, 0) is 0 Å². The van der Waals surface area contributed by atoms with Gasteiger partial charge in [-0.3, -0.25) is 0 Å². The number of hydrogen-bond donors (Lipinski definition) is 2. The number of hydrogen-bond acceptors (Lipinski definition) is 2. The van der Waals surface area contributed by atoms with Gasteiger partial charge in [-0.05, 0) is 38.8 Å². The second-order valence-corrected chi connectivity index (χ2v) is 3.63. The van der Waals surface area contributed by atoms with Gasteiger partial charge in [0, 0.05) is 6.04 Å². The topological polar surface area (TPSA) is 38.0 Å². The molecule has 2 heteroatoms. The van der Waals surface area contributed by atoms with Crippen molar-refractivity contribution in [2.45, 2.75) is 33.2 Å². The van der Waals surface area contributed by atoms with E-state index in [9.17, 15) is 0 Å². The maximum absolute atomic E-state index is 5.54. The van der Waals surface area contributed by atoms with Gasteiger partial charge in [0.1, 0.15) is 0 Å². The Bertz CT molecular complexity index is 93.6. The molecule has 0 radical (unpaired) electrons. The first-order valence-electron chi connectivity index (χ1n) is 4.49. The number of nitrogens with two attached hydrogens (primary N) is 1. The molecule has 3 unspecified atom stereocenters. The summed E-state index contributed by atoms with van der Waals surface area (Å²) >= 11 is 0. The standard InChI is InChI=1S/C9H22N2/c1-7(6-10)5-8(2)9(3)11-4/h7-9,11H,5-6,10H2,1-4H3. The third kappa shape index (κ3) is 4.38. The molecule has 0 fully saturated rings. The van der Waals surface area contributed by atoms with Crippen LogP contribution in [0.5, 0.6) is 0 Å². The van der Waals surface area contributed by atoms with Crippen LogP contribution in [0.4, 0.5) is 0 Å². The first kappa shape index (κ1) is 10.9. The molecule has 0 heterocycles. The fraction of sp³-hybridized carbons (Fsp3) is 1.00. The van der Waals surface area contributed by atoms with Crippen LogP contribution in [0.1, 0.15) is 27.2 Å². The number of nitrogens with one attached hydrogen (secondary N) is 1. The molecule has 0 aliphatic carbocycles. The largest absolute Gasteiger partial charge is 0.330 e. The monoisotopic (exact) mass is 158 g/mol. The molecular formula is C9H22N2. The van der Waals surface area contributed by atoms with Crippen molar-refractivity contribution in [3.8, 4) is 0 Å². The first-order valence-corrected chi connectivity index (χ1v) is 4.49. The summed E-state index contributed by atoms with van der Waals surface area (Å²) in [6, 6.07) is 0.601. The minimum Gasteiger partial charge on any atom is -0.330 e. The lowest BCUT2D eigenvalue weighted by Gasteiger charge is -2.21. The van der Waals surface area contributed by atoms with Gasteiger partial charge >= 0.3 is 0 Å². The Morgan fingerprint density at radius 1 is 1.27 bits per heavy atom. The average molecular weight is 158 g/mol. The maximum Gasteiger partial charge on any atom is 0.00614 e. The molecule has 0 amide bonds. The van der Waals surface area contributed by atoms with Crippen molar-refractivity contribution < 1.29 is 0 Å². The van der Waals surface area contributed by atoms with E-state index in [1.165, 1.54) is 6.42 Å². The van der Waals surface area contributed by atoms with Crippen molar-refractivity contribution in [2.24, 2.45) is 17.6 Å². The molecule has 0 saturated carbocycles. The van der Waals surface area contributed by atoms with Crippen molar-refractivity contribution in [1.29, 1.82) is 0 Å². The lowest BCUT2D eigenvalue weighted by Crippen LogP contribution is -2.30. The van der Waals surface area contributed by atoms with Crippen molar-refractivity contribution in [3.05, 3.63) is 0 Å². The first-order chi connectivity index (χ1) is 5.11. The van der Waals surface area contributed by atoms with Gasteiger partial charge in [-0.2, -0.15) is 0 Å². The maximum atomic E-state index is 5.54. The normalized spacial score (nSPS) is 19.4. The quantitative estimate of drug-likeness (QED) is 0.631. The minimum absolute atomic E-state index is 0.601. The van der Waals surface area contributed by atoms with Crippen LogP contribution in [-0.4, -0.2) is 19.6 Å². The predicted octanol–water partition coefficient (Wildman–Crippen LogP) is 1.22. The third-order valence-electron chi connectivity index (χ3n) is 2.49. The molecule has 0 rings (SSSR count). The fourth-order valence-electron chi connectivity index (χ4n) is 1.22. The summed E-state index contributed by atoms with van der Waals surface area (Å²) in [6.07, 6.45) is 1.22. The van der Waals surface area contributed by atoms with Crippen LogP contribution in [0.3, 0.4) is 0 Å². The smallest absolute Gasteiger partial charge is 0.00614 e. The van der Waals surface area contributed by atoms with Gasteiger partial charge in [0.15, 0.2) is 0 Å². The zero-order chi connectivity index (χ0) is 8.85. The van der Waals surface area contributed by atoms with Gasteiger partial charge in [-0.1, -0.05) is 13.8 Å². The van der Waals surface area contributed by atoms with Crippen molar-refractivity contribution >= 4 is 0 Å². The molecule has 0 aromatic rings. The van der Waals surface area contributed by atoms with Crippen molar-refractivity contribution in [1.82, 2.24) is 5.32 Å². The summed E-state index contributed by atoms with van der Waals surface area (Å²) in [5.74, 6) is 1.37. The molecule has 3 atom stereocenters. The molecule has 0 aliphatic heterocycles. The van der Waals surface area contributed by atoms with E-state index < -0.39 is 0 Å². The summed E-state index contributed by atoms with van der Waals surface area (Å²) in [6.45, 7) is 7.50. The molecule has 0 aliphatic rings. The van der Waals surface area contributed by atoms with Crippen LogP contribution in [0, 0.1) is 11.8 Å². The molecule has 0 bridgehead atoms. The van der Waals surface area contributed by atoms with Crippen LogP contribution >= 0.6 is 0 Å². The van der Waals surface area contributed by atoms with Gasteiger partial charge in [0.2, 0.25) is 0 Å². The molecule has 11 heavy (non-hydrogen) atoms. The highest BCUT2D eigenvalue weighted by Crippen LogP contribution is 2.13. The van der Waals surface area contributed by atoms with E-state index in [1.54, 1.807) is 0 Å². The zero-order valence-electron chi connectivity index (χ0n) is 8.22. The molecule has 3 N–H and O–H groups in total. The predicted molar refractivity (Wildman–Crippen MR) is 50.5 cm³/mol. The molecule has 0 aromatic carbocycles. The fourth-order valence-corrected chi connectivity index (χ4v) is 1.22. The Hall–Kier alpha value is -0.0800. The van der Waals surface area contributed by atoms with E-state index in [1.807, 2.05) is 7.05 Å². The van der Waals surface area contributed by atoms with Gasteiger partial charge < -0.3 is 11.1 Å². The molecule has 2 nitrogen and oxygen atoms in total. The van der Waals surface area contributed by atoms with E-state index in [0.29, 0.717) is 12.0 Å². The molecular weight excluding hydrogens is 136 g/mol. The third-order valence-corrected chi connectivity index (χ3v) is 2.49. The van der Waals surface area contributed by atoms with Gasteiger partial charge in [0.05, 0.1) is 0 Å². The Labute approximate surface area is 70.5 Å². The SMILES string of the molecule is CNC(C)C(C)CC(C)CN. The summed E-state index contributed by atoms with van der Waals surface area (Å²) in [4.78, 5) is 0. The Morgan fingerprint density at radius 2 is 1.82 bits per heavy atom. The average Bonchev–Trinajstić information content (AvgIpc) is 2.02. The lowest BCUT2D eigenvalue weighted by atomic mass is 9.92. The van der Waals surface area contributed by atoms with Crippen LogP contribution < -0.4 is 11.1 Å². The Balaban J connectivity index is 3.58. The highest BCUT2D eigenvalue weighted by molar-refractivity contribution is 4.69. The summed E-state index contributed by atoms with van der Waals surface area (Å²) in [7, 11) is 2.01. The van der Waals surface area contributed by atoms with Gasteiger partial charge in [0.25, 0.3) is 0 Å². The second kappa shape index (κ2) is 5.56. The molecule has 0 aromatic heterocycles. The number of rotatable bonds is 5. The van der Waals surface area contributed by atoms with Crippen molar-refractivity contribution in [2.75, 3.05) is 13.6 Å². The van der Waals surface area contributed by atoms with Gasteiger partial charge in [-0.25, -0.2) is 0 Å². The van der Waals surface area contributed by atoms with Crippen LogP contribution in [0.15, 0.2) is 0 Å². The summed E-state index contributed by atoms with van der Waals surface area (Å²) in [5, 5.41) is 3.25.